The van der Waals surface area contributed by atoms with E-state index in [-0.39, 0.29) is 18.1 Å². The highest BCUT2D eigenvalue weighted by Crippen LogP contribution is 2.42. The molecule has 11 heteroatoms. The molecule has 0 bridgehead atoms. The zero-order chi connectivity index (χ0) is 24.5. The summed E-state index contributed by atoms with van der Waals surface area (Å²) in [5.41, 5.74) is 2.58. The number of aromatic nitrogens is 2. The number of aryl methyl sites for hydroxylation is 1. The average Bonchev–Trinajstić information content (AvgIpc) is 3.56. The number of benzene rings is 1. The number of anilines is 1. The minimum Gasteiger partial charge on any atom is -0.492 e. The summed E-state index contributed by atoms with van der Waals surface area (Å²) in [6, 6.07) is 11.9. The quantitative estimate of drug-likeness (QED) is 0.218. The van der Waals surface area contributed by atoms with Crippen LogP contribution in [0, 0.1) is 6.92 Å². The lowest BCUT2D eigenvalue weighted by Crippen LogP contribution is -2.24. The van der Waals surface area contributed by atoms with Crippen LogP contribution < -0.4 is 20.7 Å². The van der Waals surface area contributed by atoms with E-state index in [9.17, 15) is 9.59 Å². The first-order valence-electron chi connectivity index (χ1n) is 11.0. The smallest absolute Gasteiger partial charge is 0.275 e. The summed E-state index contributed by atoms with van der Waals surface area (Å²) >= 11 is 3.11. The molecular formula is C25H24ClN5O3S2. The van der Waals surface area contributed by atoms with E-state index in [2.05, 4.69) is 16.0 Å². The number of amides is 2. The van der Waals surface area contributed by atoms with Gasteiger partial charge in [0.1, 0.15) is 28.7 Å². The minimum absolute atomic E-state index is 0. The molecule has 0 spiro atoms. The Morgan fingerprint density at radius 2 is 1.83 bits per heavy atom. The van der Waals surface area contributed by atoms with Gasteiger partial charge in [0, 0.05) is 17.0 Å². The highest BCUT2D eigenvalue weighted by atomic mass is 35.5. The van der Waals surface area contributed by atoms with Gasteiger partial charge in [-0.25, -0.2) is 9.97 Å². The lowest BCUT2D eigenvalue weighted by atomic mass is 10.1. The van der Waals surface area contributed by atoms with Gasteiger partial charge in [0.05, 0.1) is 10.3 Å². The predicted molar refractivity (Wildman–Crippen MR) is 147 cm³/mol. The molecule has 186 valence electrons. The molecule has 3 aromatic heterocycles. The Labute approximate surface area is 222 Å². The molecule has 0 fully saturated rings. The fourth-order valence-electron chi connectivity index (χ4n) is 3.81. The van der Waals surface area contributed by atoms with Crippen LogP contribution in [0.3, 0.4) is 0 Å². The van der Waals surface area contributed by atoms with Crippen molar-refractivity contribution >= 4 is 62.9 Å². The number of hydrogen-bond donors (Lipinski definition) is 3. The third-order valence-electron chi connectivity index (χ3n) is 5.68. The van der Waals surface area contributed by atoms with Gasteiger partial charge in [-0.3, -0.25) is 14.9 Å². The van der Waals surface area contributed by atoms with Crippen LogP contribution in [0.2, 0.25) is 0 Å². The van der Waals surface area contributed by atoms with E-state index in [0.717, 1.165) is 43.4 Å². The van der Waals surface area contributed by atoms with Crippen LogP contribution >= 0.6 is 35.1 Å². The summed E-state index contributed by atoms with van der Waals surface area (Å²) in [5, 5.41) is 11.3. The molecule has 1 aliphatic heterocycles. The number of fused-ring (bicyclic) bond motifs is 1. The van der Waals surface area contributed by atoms with Crippen LogP contribution in [0.1, 0.15) is 12.5 Å². The molecule has 0 saturated heterocycles. The molecule has 1 aliphatic rings. The van der Waals surface area contributed by atoms with Crippen molar-refractivity contribution < 1.29 is 14.3 Å². The van der Waals surface area contributed by atoms with Crippen molar-refractivity contribution in [3.63, 3.8) is 0 Å². The number of thiophene rings is 2. The van der Waals surface area contributed by atoms with Gasteiger partial charge < -0.3 is 15.4 Å². The normalized spacial score (nSPS) is 13.2. The largest absolute Gasteiger partial charge is 0.492 e. The Hall–Kier alpha value is -3.31. The molecule has 0 saturated carbocycles. The van der Waals surface area contributed by atoms with E-state index in [0.29, 0.717) is 23.8 Å². The van der Waals surface area contributed by atoms with Crippen LogP contribution in [0.15, 0.2) is 53.0 Å². The number of rotatable bonds is 8. The fraction of sp³-hybridized carbons (Fsp3) is 0.200. The second kappa shape index (κ2) is 10.8. The Kier molecular flexibility index (Phi) is 7.70. The van der Waals surface area contributed by atoms with Gasteiger partial charge in [-0.15, -0.1) is 35.1 Å². The molecule has 5 rings (SSSR count). The number of likely N-dealkylation sites (N-methyl/N-ethyl adjacent to an activating group) is 1. The molecule has 8 nitrogen and oxygen atoms in total. The lowest BCUT2D eigenvalue weighted by Gasteiger charge is -2.10. The van der Waals surface area contributed by atoms with Crippen LogP contribution in [0.25, 0.3) is 31.4 Å². The first kappa shape index (κ1) is 25.8. The highest BCUT2D eigenvalue weighted by Gasteiger charge is 2.29. The van der Waals surface area contributed by atoms with Crippen LogP contribution in [0.4, 0.5) is 5.82 Å². The summed E-state index contributed by atoms with van der Waals surface area (Å²) < 4.78 is 5.75. The summed E-state index contributed by atoms with van der Waals surface area (Å²) in [4.78, 5) is 36.8. The average molecular weight is 542 g/mol. The molecule has 0 unspecified atom stereocenters. The number of carbonyl (C=O) groups is 2. The molecular weight excluding hydrogens is 518 g/mol. The van der Waals surface area contributed by atoms with Crippen molar-refractivity contribution in [3.8, 4) is 26.9 Å². The zero-order valence-electron chi connectivity index (χ0n) is 19.8. The van der Waals surface area contributed by atoms with Gasteiger partial charge in [-0.2, -0.15) is 0 Å². The van der Waals surface area contributed by atoms with Crippen molar-refractivity contribution in [2.24, 2.45) is 0 Å². The highest BCUT2D eigenvalue weighted by molar-refractivity contribution is 7.22. The summed E-state index contributed by atoms with van der Waals surface area (Å²) in [7, 11) is 1.89. The monoisotopic (exact) mass is 541 g/mol. The van der Waals surface area contributed by atoms with Gasteiger partial charge >= 0.3 is 0 Å². The van der Waals surface area contributed by atoms with Crippen molar-refractivity contribution in [2.45, 2.75) is 13.8 Å². The Bertz CT molecular complexity index is 1460. The van der Waals surface area contributed by atoms with Crippen molar-refractivity contribution in [2.75, 3.05) is 25.5 Å². The number of halogens is 1. The topological polar surface area (TPSA) is 105 Å². The summed E-state index contributed by atoms with van der Waals surface area (Å²) in [6.45, 7) is 5.01. The molecule has 4 heterocycles. The molecule has 4 aromatic rings. The van der Waals surface area contributed by atoms with Gasteiger partial charge in [0.25, 0.3) is 11.8 Å². The first-order valence-corrected chi connectivity index (χ1v) is 12.7. The molecule has 0 radical (unpaired) electrons. The second-order valence-corrected chi connectivity index (χ2v) is 9.94. The standard InChI is InChI=1S/C25H23N5O3S2.ClH/c1-13-18-22(27-19-14(2)23(31)30-24(19)32)28-21(17-5-4-12-34-17)29-25(18)35-20(13)15-6-8-16(9-7-15)33-11-10-26-3;/h4-9,12,26H,10-11H2,1-3H3,(H2,27,28,29,30,31,32);1H. The van der Waals surface area contributed by atoms with E-state index in [1.807, 2.05) is 55.7 Å². The number of nitrogens with one attached hydrogen (secondary N) is 3. The zero-order valence-corrected chi connectivity index (χ0v) is 22.2. The minimum atomic E-state index is -0.459. The first-order chi connectivity index (χ1) is 17.0. The van der Waals surface area contributed by atoms with E-state index in [1.165, 1.54) is 0 Å². The third-order valence-corrected chi connectivity index (χ3v) is 7.78. The SMILES string of the molecule is CNCCOc1ccc(-c2sc3nc(-c4cccs4)nc(NC4=C(C)C(=O)NC4=O)c3c2C)cc1.Cl. The van der Waals surface area contributed by atoms with Gasteiger partial charge in [0.15, 0.2) is 5.82 Å². The van der Waals surface area contributed by atoms with Crippen molar-refractivity contribution in [1.29, 1.82) is 0 Å². The summed E-state index contributed by atoms with van der Waals surface area (Å²) in [5.74, 6) is 1.02. The lowest BCUT2D eigenvalue weighted by molar-refractivity contribution is -0.124. The maximum absolute atomic E-state index is 12.4. The van der Waals surface area contributed by atoms with Gasteiger partial charge in [0.2, 0.25) is 0 Å². The second-order valence-electron chi connectivity index (χ2n) is 7.99. The number of carbonyl (C=O) groups excluding carboxylic acids is 2. The van der Waals surface area contributed by atoms with E-state index in [1.54, 1.807) is 29.6 Å². The number of imide groups is 1. The van der Waals surface area contributed by atoms with Crippen molar-refractivity contribution in [3.05, 3.63) is 58.6 Å². The maximum Gasteiger partial charge on any atom is 0.275 e. The Morgan fingerprint density at radius 3 is 2.47 bits per heavy atom. The van der Waals surface area contributed by atoms with E-state index < -0.39 is 11.8 Å². The van der Waals surface area contributed by atoms with E-state index in [4.69, 9.17) is 14.7 Å². The molecule has 1 aromatic carbocycles. The predicted octanol–water partition coefficient (Wildman–Crippen LogP) is 4.76. The molecule has 3 N–H and O–H groups in total. The van der Waals surface area contributed by atoms with Crippen molar-refractivity contribution in [1.82, 2.24) is 20.6 Å². The van der Waals surface area contributed by atoms with E-state index >= 15 is 0 Å². The van der Waals surface area contributed by atoms with Crippen LogP contribution in [0.5, 0.6) is 5.75 Å². The Morgan fingerprint density at radius 1 is 1.06 bits per heavy atom. The molecule has 36 heavy (non-hydrogen) atoms. The number of nitrogens with zero attached hydrogens (tertiary/aromatic N) is 2. The third kappa shape index (κ3) is 4.85. The van der Waals surface area contributed by atoms with Gasteiger partial charge in [-0.1, -0.05) is 6.07 Å². The molecule has 0 aliphatic carbocycles. The summed E-state index contributed by atoms with van der Waals surface area (Å²) in [6.07, 6.45) is 0. The maximum atomic E-state index is 12.4. The van der Waals surface area contributed by atoms with Crippen LogP contribution in [-0.4, -0.2) is 42.0 Å². The Balaban J connectivity index is 0.00000304. The fourth-order valence-corrected chi connectivity index (χ4v) is 5.65. The van der Waals surface area contributed by atoms with Crippen LogP contribution in [-0.2, 0) is 9.59 Å². The molecule has 0 atom stereocenters. The van der Waals surface area contributed by atoms with Gasteiger partial charge in [-0.05, 0) is 67.7 Å². The number of ether oxygens (including phenoxy) is 1. The number of hydrogen-bond acceptors (Lipinski definition) is 9. The molecule has 2 amide bonds.